The van der Waals surface area contributed by atoms with E-state index in [1.54, 1.807) is 0 Å². The molecule has 0 aromatic carbocycles. The van der Waals surface area contributed by atoms with Crippen LogP contribution < -0.4 is 5.32 Å². The third kappa shape index (κ3) is 1.40. The van der Waals surface area contributed by atoms with Gasteiger partial charge >= 0.3 is 0 Å². The van der Waals surface area contributed by atoms with Crippen LogP contribution >= 0.6 is 12.2 Å². The first-order valence-electron chi connectivity index (χ1n) is 3.63. The van der Waals surface area contributed by atoms with Gasteiger partial charge in [0.1, 0.15) is 0 Å². The first-order valence-corrected chi connectivity index (χ1v) is 4.03. The largest absolute Gasteiger partial charge is 0.358 e. The first kappa shape index (κ1) is 7.79. The molecule has 0 spiro atoms. The zero-order valence-electron chi connectivity index (χ0n) is 6.72. The minimum atomic E-state index is 0.553. The fourth-order valence-electron chi connectivity index (χ4n) is 1.07. The van der Waals surface area contributed by atoms with Gasteiger partial charge in [-0.05, 0) is 18.1 Å². The van der Waals surface area contributed by atoms with Gasteiger partial charge in [0.25, 0.3) is 0 Å². The van der Waals surface area contributed by atoms with Gasteiger partial charge in [0.15, 0.2) is 5.11 Å². The molecular formula is C7H14N2S. The normalized spacial score (nSPS) is 25.8. The summed E-state index contributed by atoms with van der Waals surface area (Å²) in [5, 5.41) is 4.15. The number of nitrogens with one attached hydrogen (secondary N) is 1. The topological polar surface area (TPSA) is 15.3 Å². The SMILES string of the molecule is CC(C)C1CN(C)C(=S)N1. The Hall–Kier alpha value is -0.310. The molecule has 3 heteroatoms. The summed E-state index contributed by atoms with van der Waals surface area (Å²) in [5.74, 6) is 0.669. The summed E-state index contributed by atoms with van der Waals surface area (Å²) >= 11 is 5.05. The quantitative estimate of drug-likeness (QED) is 0.569. The highest BCUT2D eigenvalue weighted by atomic mass is 32.1. The van der Waals surface area contributed by atoms with Crippen LogP contribution in [-0.2, 0) is 0 Å². The summed E-state index contributed by atoms with van der Waals surface area (Å²) in [6.07, 6.45) is 0. The molecule has 0 aromatic heterocycles. The predicted octanol–water partition coefficient (Wildman–Crippen LogP) is 0.831. The maximum absolute atomic E-state index is 5.05. The fourth-order valence-corrected chi connectivity index (χ4v) is 1.30. The lowest BCUT2D eigenvalue weighted by atomic mass is 10.1. The molecule has 0 saturated carbocycles. The summed E-state index contributed by atoms with van der Waals surface area (Å²) in [6.45, 7) is 5.47. The number of hydrogen-bond donors (Lipinski definition) is 1. The van der Waals surface area contributed by atoms with Crippen molar-refractivity contribution in [2.24, 2.45) is 5.92 Å². The minimum absolute atomic E-state index is 0.553. The van der Waals surface area contributed by atoms with Crippen LogP contribution in [0.3, 0.4) is 0 Å². The average Bonchev–Trinajstić information content (AvgIpc) is 2.13. The Labute approximate surface area is 67.6 Å². The van der Waals surface area contributed by atoms with Crippen LogP contribution in [0.1, 0.15) is 13.8 Å². The Morgan fingerprint density at radius 3 is 2.50 bits per heavy atom. The predicted molar refractivity (Wildman–Crippen MR) is 47.0 cm³/mol. The number of hydrogen-bond acceptors (Lipinski definition) is 1. The zero-order chi connectivity index (χ0) is 7.72. The van der Waals surface area contributed by atoms with E-state index in [4.69, 9.17) is 12.2 Å². The van der Waals surface area contributed by atoms with Crippen LogP contribution in [0, 0.1) is 5.92 Å². The maximum Gasteiger partial charge on any atom is 0.169 e. The molecule has 58 valence electrons. The second kappa shape index (κ2) is 2.74. The summed E-state index contributed by atoms with van der Waals surface area (Å²) in [4.78, 5) is 2.08. The van der Waals surface area contributed by atoms with E-state index in [1.807, 2.05) is 7.05 Å². The lowest BCUT2D eigenvalue weighted by Gasteiger charge is -2.12. The van der Waals surface area contributed by atoms with E-state index in [1.165, 1.54) is 0 Å². The second-order valence-corrected chi connectivity index (χ2v) is 3.57. The van der Waals surface area contributed by atoms with Gasteiger partial charge < -0.3 is 10.2 Å². The van der Waals surface area contributed by atoms with Gasteiger partial charge in [0.05, 0.1) is 0 Å². The van der Waals surface area contributed by atoms with Crippen molar-refractivity contribution in [2.45, 2.75) is 19.9 Å². The van der Waals surface area contributed by atoms with Gasteiger partial charge in [-0.25, -0.2) is 0 Å². The molecule has 0 amide bonds. The molecule has 10 heavy (non-hydrogen) atoms. The van der Waals surface area contributed by atoms with E-state index in [9.17, 15) is 0 Å². The van der Waals surface area contributed by atoms with Gasteiger partial charge in [-0.15, -0.1) is 0 Å². The molecule has 0 aromatic rings. The van der Waals surface area contributed by atoms with Crippen LogP contribution in [0.2, 0.25) is 0 Å². The first-order chi connectivity index (χ1) is 4.61. The Morgan fingerprint density at radius 1 is 1.70 bits per heavy atom. The molecule has 1 atom stereocenters. The van der Waals surface area contributed by atoms with Crippen molar-refractivity contribution in [1.82, 2.24) is 10.2 Å². The van der Waals surface area contributed by atoms with E-state index in [-0.39, 0.29) is 0 Å². The molecule has 1 unspecified atom stereocenters. The monoisotopic (exact) mass is 158 g/mol. The molecule has 0 radical (unpaired) electrons. The van der Waals surface area contributed by atoms with Crippen LogP contribution in [0.4, 0.5) is 0 Å². The molecular weight excluding hydrogens is 144 g/mol. The standard InChI is InChI=1S/C7H14N2S/c1-5(2)6-4-9(3)7(10)8-6/h5-6H,4H2,1-3H3,(H,8,10). The molecule has 1 saturated heterocycles. The summed E-state index contributed by atoms with van der Waals surface area (Å²) in [6, 6.07) is 0.553. The molecule has 1 rings (SSSR count). The highest BCUT2D eigenvalue weighted by molar-refractivity contribution is 7.80. The fraction of sp³-hybridized carbons (Fsp3) is 0.857. The van der Waals surface area contributed by atoms with Crippen LogP contribution in [0.15, 0.2) is 0 Å². The van der Waals surface area contributed by atoms with Crippen molar-refractivity contribution in [3.63, 3.8) is 0 Å². The van der Waals surface area contributed by atoms with Gasteiger partial charge in [-0.2, -0.15) is 0 Å². The van der Waals surface area contributed by atoms with E-state index in [2.05, 4.69) is 24.1 Å². The van der Waals surface area contributed by atoms with Gasteiger partial charge in [-0.1, -0.05) is 13.8 Å². The van der Waals surface area contributed by atoms with E-state index in [0.29, 0.717) is 12.0 Å². The Morgan fingerprint density at radius 2 is 2.30 bits per heavy atom. The van der Waals surface area contributed by atoms with E-state index >= 15 is 0 Å². The van der Waals surface area contributed by atoms with Gasteiger partial charge in [0, 0.05) is 19.6 Å². The van der Waals surface area contributed by atoms with Gasteiger partial charge in [-0.3, -0.25) is 0 Å². The van der Waals surface area contributed by atoms with Crippen molar-refractivity contribution < 1.29 is 0 Å². The summed E-state index contributed by atoms with van der Waals surface area (Å²) < 4.78 is 0. The smallest absolute Gasteiger partial charge is 0.169 e. The number of thiocarbonyl (C=S) groups is 1. The number of rotatable bonds is 1. The van der Waals surface area contributed by atoms with Crippen molar-refractivity contribution in [3.05, 3.63) is 0 Å². The average molecular weight is 158 g/mol. The van der Waals surface area contributed by atoms with Crippen LogP contribution in [-0.4, -0.2) is 29.6 Å². The van der Waals surface area contributed by atoms with E-state index < -0.39 is 0 Å². The van der Waals surface area contributed by atoms with Crippen LogP contribution in [0.25, 0.3) is 0 Å². The van der Waals surface area contributed by atoms with Crippen molar-refractivity contribution >= 4 is 17.3 Å². The minimum Gasteiger partial charge on any atom is -0.358 e. The lowest BCUT2D eigenvalue weighted by Crippen LogP contribution is -2.30. The number of likely N-dealkylation sites (N-methyl/N-ethyl adjacent to an activating group) is 1. The molecule has 0 bridgehead atoms. The molecule has 1 fully saturated rings. The van der Waals surface area contributed by atoms with Gasteiger partial charge in [0.2, 0.25) is 0 Å². The second-order valence-electron chi connectivity index (χ2n) is 3.18. The molecule has 1 aliphatic rings. The Balaban J connectivity index is 2.49. The van der Waals surface area contributed by atoms with Crippen molar-refractivity contribution in [1.29, 1.82) is 0 Å². The van der Waals surface area contributed by atoms with Crippen molar-refractivity contribution in [2.75, 3.05) is 13.6 Å². The third-order valence-electron chi connectivity index (χ3n) is 1.93. The molecule has 1 N–H and O–H groups in total. The molecule has 1 aliphatic heterocycles. The Bertz CT molecular complexity index is 145. The van der Waals surface area contributed by atoms with Crippen molar-refractivity contribution in [3.8, 4) is 0 Å². The summed E-state index contributed by atoms with van der Waals surface area (Å²) in [7, 11) is 2.03. The lowest BCUT2D eigenvalue weighted by molar-refractivity contribution is 0.425. The maximum atomic E-state index is 5.05. The number of nitrogens with zero attached hydrogens (tertiary/aromatic N) is 1. The molecule has 2 nitrogen and oxygen atoms in total. The highest BCUT2D eigenvalue weighted by Gasteiger charge is 2.24. The van der Waals surface area contributed by atoms with Crippen LogP contribution in [0.5, 0.6) is 0 Å². The molecule has 1 heterocycles. The Kier molecular flexibility index (Phi) is 2.14. The third-order valence-corrected chi connectivity index (χ3v) is 2.36. The zero-order valence-corrected chi connectivity index (χ0v) is 7.53. The van der Waals surface area contributed by atoms with E-state index in [0.717, 1.165) is 11.7 Å². The highest BCUT2D eigenvalue weighted by Crippen LogP contribution is 2.09. The molecule has 0 aliphatic carbocycles. The summed E-state index contributed by atoms with van der Waals surface area (Å²) in [5.41, 5.74) is 0.